The SMILES string of the molecule is C/C(=N\NC(=O)c1cc(C)nc2ccccc12)c1ccc(C)cc1. The molecule has 1 aromatic heterocycles. The third kappa shape index (κ3) is 3.33. The highest BCUT2D eigenvalue weighted by atomic mass is 16.2. The summed E-state index contributed by atoms with van der Waals surface area (Å²) in [5.74, 6) is -0.233. The van der Waals surface area contributed by atoms with Gasteiger partial charge in [0.05, 0.1) is 16.8 Å². The number of nitrogens with one attached hydrogen (secondary N) is 1. The van der Waals surface area contributed by atoms with E-state index in [1.54, 1.807) is 6.07 Å². The van der Waals surface area contributed by atoms with Gasteiger partial charge in [-0.2, -0.15) is 5.10 Å². The van der Waals surface area contributed by atoms with Crippen molar-refractivity contribution in [2.24, 2.45) is 5.10 Å². The van der Waals surface area contributed by atoms with Gasteiger partial charge >= 0.3 is 0 Å². The topological polar surface area (TPSA) is 54.4 Å². The van der Waals surface area contributed by atoms with Crippen molar-refractivity contribution in [3.8, 4) is 0 Å². The number of amides is 1. The Hall–Kier alpha value is -3.01. The Bertz CT molecular complexity index is 927. The van der Waals surface area contributed by atoms with E-state index < -0.39 is 0 Å². The number of hydrogen-bond donors (Lipinski definition) is 1. The molecule has 0 fully saturated rings. The van der Waals surface area contributed by atoms with Crippen LogP contribution < -0.4 is 5.43 Å². The largest absolute Gasteiger partial charge is 0.272 e. The number of carbonyl (C=O) groups is 1. The molecule has 1 heterocycles. The quantitative estimate of drug-likeness (QED) is 0.586. The maximum Gasteiger partial charge on any atom is 0.272 e. The molecular weight excluding hydrogens is 298 g/mol. The average molecular weight is 317 g/mol. The van der Waals surface area contributed by atoms with Gasteiger partial charge in [0.2, 0.25) is 0 Å². The molecule has 3 rings (SSSR count). The average Bonchev–Trinajstić information content (AvgIpc) is 2.59. The van der Waals surface area contributed by atoms with Crippen molar-refractivity contribution in [1.29, 1.82) is 0 Å². The summed E-state index contributed by atoms with van der Waals surface area (Å²) in [5, 5.41) is 5.06. The van der Waals surface area contributed by atoms with Crippen molar-refractivity contribution in [3.63, 3.8) is 0 Å². The van der Waals surface area contributed by atoms with Crippen LogP contribution in [0, 0.1) is 13.8 Å². The molecule has 0 unspecified atom stereocenters. The van der Waals surface area contributed by atoms with Gasteiger partial charge in [0.1, 0.15) is 0 Å². The molecule has 24 heavy (non-hydrogen) atoms. The highest BCUT2D eigenvalue weighted by molar-refractivity contribution is 6.07. The van der Waals surface area contributed by atoms with Crippen LogP contribution in [0.25, 0.3) is 10.9 Å². The molecule has 0 aliphatic rings. The number of aromatic nitrogens is 1. The number of fused-ring (bicyclic) bond motifs is 1. The number of pyridine rings is 1. The van der Waals surface area contributed by atoms with Crippen molar-refractivity contribution in [2.75, 3.05) is 0 Å². The monoisotopic (exact) mass is 317 g/mol. The molecule has 0 saturated heterocycles. The second-order valence-corrected chi connectivity index (χ2v) is 5.83. The summed E-state index contributed by atoms with van der Waals surface area (Å²) in [4.78, 5) is 17.0. The van der Waals surface area contributed by atoms with E-state index in [1.807, 2.05) is 69.3 Å². The van der Waals surface area contributed by atoms with Crippen molar-refractivity contribution in [3.05, 3.63) is 77.0 Å². The number of aryl methyl sites for hydroxylation is 2. The number of rotatable bonds is 3. The fourth-order valence-electron chi connectivity index (χ4n) is 2.55. The second kappa shape index (κ2) is 6.62. The van der Waals surface area contributed by atoms with Crippen LogP contribution in [0.5, 0.6) is 0 Å². The molecular formula is C20H19N3O. The Morgan fingerprint density at radius 3 is 2.50 bits per heavy atom. The molecule has 1 amide bonds. The zero-order valence-corrected chi connectivity index (χ0v) is 14.0. The molecule has 3 aromatic rings. The number of benzene rings is 2. The summed E-state index contributed by atoms with van der Waals surface area (Å²) < 4.78 is 0. The van der Waals surface area contributed by atoms with Gasteiger partial charge in [-0.1, -0.05) is 48.0 Å². The minimum absolute atomic E-state index is 0.233. The molecule has 0 spiro atoms. The first-order valence-electron chi connectivity index (χ1n) is 7.82. The van der Waals surface area contributed by atoms with Crippen LogP contribution in [-0.2, 0) is 0 Å². The predicted molar refractivity (Wildman–Crippen MR) is 97.3 cm³/mol. The smallest absolute Gasteiger partial charge is 0.267 e. The van der Waals surface area contributed by atoms with Gasteiger partial charge in [-0.05, 0) is 38.5 Å². The van der Waals surface area contributed by atoms with E-state index in [0.29, 0.717) is 5.56 Å². The van der Waals surface area contributed by atoms with E-state index in [1.165, 1.54) is 5.56 Å². The normalized spacial score (nSPS) is 11.5. The fourth-order valence-corrected chi connectivity index (χ4v) is 2.55. The lowest BCUT2D eigenvalue weighted by Crippen LogP contribution is -2.20. The Morgan fingerprint density at radius 1 is 1.04 bits per heavy atom. The van der Waals surface area contributed by atoms with Crippen LogP contribution in [0.2, 0.25) is 0 Å². The van der Waals surface area contributed by atoms with Gasteiger partial charge in [-0.25, -0.2) is 5.43 Å². The van der Waals surface area contributed by atoms with Gasteiger partial charge in [-0.15, -0.1) is 0 Å². The summed E-state index contributed by atoms with van der Waals surface area (Å²) >= 11 is 0. The number of carbonyl (C=O) groups excluding carboxylic acids is 1. The van der Waals surface area contributed by atoms with Gasteiger partial charge in [0.15, 0.2) is 0 Å². The Balaban J connectivity index is 1.87. The third-order valence-electron chi connectivity index (χ3n) is 3.88. The molecule has 4 nitrogen and oxygen atoms in total. The summed E-state index contributed by atoms with van der Waals surface area (Å²) in [6, 6.07) is 17.4. The van der Waals surface area contributed by atoms with E-state index in [0.717, 1.165) is 27.9 Å². The van der Waals surface area contributed by atoms with Crippen LogP contribution in [0.1, 0.15) is 34.1 Å². The number of nitrogens with zero attached hydrogens (tertiary/aromatic N) is 2. The molecule has 0 atom stereocenters. The maximum absolute atomic E-state index is 12.6. The lowest BCUT2D eigenvalue weighted by molar-refractivity contribution is 0.0956. The molecule has 2 aromatic carbocycles. The minimum Gasteiger partial charge on any atom is -0.267 e. The van der Waals surface area contributed by atoms with Crippen LogP contribution >= 0.6 is 0 Å². The summed E-state index contributed by atoms with van der Waals surface area (Å²) in [6.07, 6.45) is 0. The van der Waals surface area contributed by atoms with Crippen molar-refractivity contribution in [2.45, 2.75) is 20.8 Å². The van der Waals surface area contributed by atoms with Crippen LogP contribution in [-0.4, -0.2) is 16.6 Å². The number of hydrogen-bond acceptors (Lipinski definition) is 3. The summed E-state index contributed by atoms with van der Waals surface area (Å²) in [7, 11) is 0. The molecule has 120 valence electrons. The predicted octanol–water partition coefficient (Wildman–Crippen LogP) is 4.01. The lowest BCUT2D eigenvalue weighted by atomic mass is 10.1. The molecule has 1 N–H and O–H groups in total. The Labute approximate surface area is 141 Å². The maximum atomic E-state index is 12.6. The number of para-hydroxylation sites is 1. The van der Waals surface area contributed by atoms with E-state index >= 15 is 0 Å². The molecule has 0 aliphatic heterocycles. The summed E-state index contributed by atoms with van der Waals surface area (Å²) in [5.41, 5.74) is 7.78. The second-order valence-electron chi connectivity index (χ2n) is 5.83. The van der Waals surface area contributed by atoms with Crippen molar-refractivity contribution >= 4 is 22.5 Å². The highest BCUT2D eigenvalue weighted by Crippen LogP contribution is 2.18. The fraction of sp³-hybridized carbons (Fsp3) is 0.150. The van der Waals surface area contributed by atoms with Crippen molar-refractivity contribution in [1.82, 2.24) is 10.4 Å². The van der Waals surface area contributed by atoms with Crippen LogP contribution in [0.4, 0.5) is 0 Å². The van der Waals surface area contributed by atoms with Gasteiger partial charge < -0.3 is 0 Å². The zero-order valence-electron chi connectivity index (χ0n) is 14.0. The first-order chi connectivity index (χ1) is 11.5. The molecule has 0 bridgehead atoms. The minimum atomic E-state index is -0.233. The first kappa shape index (κ1) is 15.9. The van der Waals surface area contributed by atoms with Gasteiger partial charge in [-0.3, -0.25) is 9.78 Å². The van der Waals surface area contributed by atoms with Gasteiger partial charge in [0.25, 0.3) is 5.91 Å². The molecule has 0 radical (unpaired) electrons. The summed E-state index contributed by atoms with van der Waals surface area (Å²) in [6.45, 7) is 5.79. The molecule has 4 heteroatoms. The van der Waals surface area contributed by atoms with Crippen molar-refractivity contribution < 1.29 is 4.79 Å². The highest BCUT2D eigenvalue weighted by Gasteiger charge is 2.11. The van der Waals surface area contributed by atoms with E-state index in [9.17, 15) is 4.79 Å². The first-order valence-corrected chi connectivity index (χ1v) is 7.82. The lowest BCUT2D eigenvalue weighted by Gasteiger charge is -2.07. The van der Waals surface area contributed by atoms with E-state index in [-0.39, 0.29) is 5.91 Å². The van der Waals surface area contributed by atoms with Crippen LogP contribution in [0.3, 0.4) is 0 Å². The van der Waals surface area contributed by atoms with Crippen LogP contribution in [0.15, 0.2) is 59.7 Å². The Kier molecular flexibility index (Phi) is 4.38. The standard InChI is InChI=1S/C20H19N3O/c1-13-8-10-16(11-9-13)15(3)22-23-20(24)18-12-14(2)21-19-7-5-4-6-17(18)19/h4-12H,1-3H3,(H,23,24)/b22-15+. The molecule has 0 saturated carbocycles. The molecule has 0 aliphatic carbocycles. The van der Waals surface area contributed by atoms with E-state index in [2.05, 4.69) is 15.5 Å². The Morgan fingerprint density at radius 2 is 1.75 bits per heavy atom. The number of hydrazone groups is 1. The zero-order chi connectivity index (χ0) is 17.1. The van der Waals surface area contributed by atoms with E-state index in [4.69, 9.17) is 0 Å². The third-order valence-corrected chi connectivity index (χ3v) is 3.88. The van der Waals surface area contributed by atoms with Gasteiger partial charge in [0, 0.05) is 11.1 Å².